The maximum absolute atomic E-state index is 14.6. The number of aromatic nitrogens is 1. The van der Waals surface area contributed by atoms with Gasteiger partial charge in [0, 0.05) is 16.6 Å². The van der Waals surface area contributed by atoms with Gasteiger partial charge in [-0.2, -0.15) is 0 Å². The lowest BCUT2D eigenvalue weighted by Crippen LogP contribution is -2.06. The molecule has 0 aliphatic carbocycles. The zero-order valence-corrected chi connectivity index (χ0v) is 11.3. The highest BCUT2D eigenvalue weighted by Crippen LogP contribution is 2.30. The number of phenolic OH excluding ortho intramolecular Hbond substituents is 1. The van der Waals surface area contributed by atoms with Crippen molar-refractivity contribution in [3.8, 4) is 5.75 Å². The van der Waals surface area contributed by atoms with Gasteiger partial charge in [0.05, 0.1) is 0 Å². The molecule has 0 atom stereocenters. The van der Waals surface area contributed by atoms with E-state index in [-0.39, 0.29) is 16.8 Å². The largest absolute Gasteiger partial charge is 0.507 e. The van der Waals surface area contributed by atoms with Gasteiger partial charge < -0.3 is 5.11 Å². The first-order valence-electron chi connectivity index (χ1n) is 6.46. The molecule has 3 aromatic rings. The van der Waals surface area contributed by atoms with E-state index >= 15 is 0 Å². The number of pyridine rings is 1. The van der Waals surface area contributed by atoms with Crippen molar-refractivity contribution >= 4 is 16.7 Å². The van der Waals surface area contributed by atoms with E-state index in [9.17, 15) is 14.3 Å². The molecule has 0 saturated heterocycles. The Morgan fingerprint density at radius 2 is 1.86 bits per heavy atom. The molecule has 3 nitrogen and oxygen atoms in total. The lowest BCUT2D eigenvalue weighted by atomic mass is 10.00. The van der Waals surface area contributed by atoms with Crippen molar-refractivity contribution in [3.05, 3.63) is 71.2 Å². The van der Waals surface area contributed by atoms with E-state index in [1.165, 1.54) is 6.07 Å². The smallest absolute Gasteiger partial charge is 0.199 e. The topological polar surface area (TPSA) is 50.2 Å². The number of ketones is 1. The van der Waals surface area contributed by atoms with Crippen LogP contribution in [0.1, 0.15) is 21.6 Å². The van der Waals surface area contributed by atoms with Gasteiger partial charge in [-0.1, -0.05) is 36.4 Å². The first-order valence-corrected chi connectivity index (χ1v) is 6.46. The van der Waals surface area contributed by atoms with Crippen LogP contribution in [-0.4, -0.2) is 15.9 Å². The standard InChI is InChI=1S/C17H12FNO2/c1-10-7-8-12-9-13(20)14(15(18)16(12)19-10)17(21)11-5-3-2-4-6-11/h2-9,20H,1H3. The first-order chi connectivity index (χ1) is 10.1. The van der Waals surface area contributed by atoms with Gasteiger partial charge >= 0.3 is 0 Å². The van der Waals surface area contributed by atoms with Crippen molar-refractivity contribution < 1.29 is 14.3 Å². The molecule has 104 valence electrons. The summed E-state index contributed by atoms with van der Waals surface area (Å²) in [4.78, 5) is 16.5. The summed E-state index contributed by atoms with van der Waals surface area (Å²) in [5.41, 5.74) is 0.711. The van der Waals surface area contributed by atoms with Crippen LogP contribution in [0.25, 0.3) is 10.9 Å². The third-order valence-electron chi connectivity index (χ3n) is 3.30. The van der Waals surface area contributed by atoms with Gasteiger partial charge in [-0.15, -0.1) is 0 Å². The molecule has 21 heavy (non-hydrogen) atoms. The summed E-state index contributed by atoms with van der Waals surface area (Å²) >= 11 is 0. The second-order valence-electron chi connectivity index (χ2n) is 4.80. The number of aryl methyl sites for hydroxylation is 1. The molecule has 1 aromatic heterocycles. The predicted octanol–water partition coefficient (Wildman–Crippen LogP) is 3.62. The van der Waals surface area contributed by atoms with Crippen molar-refractivity contribution in [1.29, 1.82) is 0 Å². The van der Waals surface area contributed by atoms with E-state index in [2.05, 4.69) is 4.98 Å². The van der Waals surface area contributed by atoms with Gasteiger partial charge in [-0.25, -0.2) is 4.39 Å². The van der Waals surface area contributed by atoms with Crippen LogP contribution in [0.3, 0.4) is 0 Å². The number of aromatic hydroxyl groups is 1. The fourth-order valence-corrected chi connectivity index (χ4v) is 2.26. The van der Waals surface area contributed by atoms with E-state index in [0.717, 1.165) is 0 Å². The van der Waals surface area contributed by atoms with E-state index in [1.807, 2.05) is 0 Å². The van der Waals surface area contributed by atoms with Gasteiger partial charge in [0.1, 0.15) is 16.8 Å². The summed E-state index contributed by atoms with van der Waals surface area (Å²) in [6.07, 6.45) is 0. The normalized spacial score (nSPS) is 10.8. The Kier molecular flexibility index (Phi) is 3.14. The van der Waals surface area contributed by atoms with Gasteiger partial charge in [-0.05, 0) is 19.1 Å². The SMILES string of the molecule is Cc1ccc2cc(O)c(C(=O)c3ccccc3)c(F)c2n1. The zero-order valence-electron chi connectivity index (χ0n) is 11.3. The number of fused-ring (bicyclic) bond motifs is 1. The number of benzene rings is 2. The molecular weight excluding hydrogens is 269 g/mol. The maximum atomic E-state index is 14.6. The lowest BCUT2D eigenvalue weighted by molar-refractivity contribution is 0.103. The number of carbonyl (C=O) groups is 1. The van der Waals surface area contributed by atoms with Crippen LogP contribution in [0.4, 0.5) is 4.39 Å². The van der Waals surface area contributed by atoms with Crippen LogP contribution in [-0.2, 0) is 0 Å². The molecule has 2 aromatic carbocycles. The lowest BCUT2D eigenvalue weighted by Gasteiger charge is -2.09. The van der Waals surface area contributed by atoms with Crippen LogP contribution in [0.15, 0.2) is 48.5 Å². The van der Waals surface area contributed by atoms with Crippen LogP contribution in [0.2, 0.25) is 0 Å². The molecule has 4 heteroatoms. The molecule has 0 radical (unpaired) electrons. The summed E-state index contributed by atoms with van der Waals surface area (Å²) in [5.74, 6) is -1.72. The average Bonchev–Trinajstić information content (AvgIpc) is 2.49. The van der Waals surface area contributed by atoms with Crippen molar-refractivity contribution in [3.63, 3.8) is 0 Å². The molecule has 0 unspecified atom stereocenters. The maximum Gasteiger partial charge on any atom is 0.199 e. The Morgan fingerprint density at radius 1 is 1.14 bits per heavy atom. The molecule has 0 fully saturated rings. The zero-order chi connectivity index (χ0) is 15.0. The highest BCUT2D eigenvalue weighted by molar-refractivity contribution is 6.12. The molecule has 0 amide bonds. The average molecular weight is 281 g/mol. The fourth-order valence-electron chi connectivity index (χ4n) is 2.26. The second kappa shape index (κ2) is 4.98. The Balaban J connectivity index is 2.25. The van der Waals surface area contributed by atoms with Gasteiger partial charge in [0.25, 0.3) is 0 Å². The van der Waals surface area contributed by atoms with Gasteiger partial charge in [-0.3, -0.25) is 9.78 Å². The van der Waals surface area contributed by atoms with E-state index in [1.54, 1.807) is 49.4 Å². The molecule has 3 rings (SSSR count). The molecule has 0 saturated carbocycles. The minimum absolute atomic E-state index is 0.0899. The second-order valence-corrected chi connectivity index (χ2v) is 4.80. The van der Waals surface area contributed by atoms with Gasteiger partial charge in [0.2, 0.25) is 0 Å². The van der Waals surface area contributed by atoms with Crippen molar-refractivity contribution in [2.45, 2.75) is 6.92 Å². The summed E-state index contributed by atoms with van der Waals surface area (Å²) in [7, 11) is 0. The number of hydrogen-bond acceptors (Lipinski definition) is 3. The molecule has 0 bridgehead atoms. The minimum atomic E-state index is -0.789. The molecule has 1 N–H and O–H groups in total. The van der Waals surface area contributed by atoms with Crippen molar-refractivity contribution in [1.82, 2.24) is 4.98 Å². The molecule has 1 heterocycles. The Morgan fingerprint density at radius 3 is 2.57 bits per heavy atom. The van der Waals surface area contributed by atoms with Crippen LogP contribution in [0, 0.1) is 12.7 Å². The number of halogens is 1. The molecule has 0 aliphatic heterocycles. The van der Waals surface area contributed by atoms with Crippen LogP contribution < -0.4 is 0 Å². The number of hydrogen-bond donors (Lipinski definition) is 1. The Bertz CT molecular complexity index is 844. The number of nitrogens with zero attached hydrogens (tertiary/aromatic N) is 1. The van der Waals surface area contributed by atoms with Crippen molar-refractivity contribution in [2.75, 3.05) is 0 Å². The quantitative estimate of drug-likeness (QED) is 0.730. The summed E-state index contributed by atoms with van der Waals surface area (Å²) in [6.45, 7) is 1.74. The van der Waals surface area contributed by atoms with E-state index in [0.29, 0.717) is 16.6 Å². The van der Waals surface area contributed by atoms with E-state index < -0.39 is 11.6 Å². The summed E-state index contributed by atoms with van der Waals surface area (Å²) < 4.78 is 14.6. The Labute approximate surface area is 120 Å². The fraction of sp³-hybridized carbons (Fsp3) is 0.0588. The highest BCUT2D eigenvalue weighted by Gasteiger charge is 2.21. The molecule has 0 spiro atoms. The number of carbonyl (C=O) groups excluding carboxylic acids is 1. The molecular formula is C17H12FNO2. The summed E-state index contributed by atoms with van der Waals surface area (Å²) in [6, 6.07) is 13.0. The van der Waals surface area contributed by atoms with Gasteiger partial charge in [0.15, 0.2) is 11.6 Å². The monoisotopic (exact) mass is 281 g/mol. The van der Waals surface area contributed by atoms with Crippen molar-refractivity contribution in [2.24, 2.45) is 0 Å². The third kappa shape index (κ3) is 2.25. The first kappa shape index (κ1) is 13.2. The van der Waals surface area contributed by atoms with Crippen LogP contribution >= 0.6 is 0 Å². The van der Waals surface area contributed by atoms with E-state index in [4.69, 9.17) is 0 Å². The highest BCUT2D eigenvalue weighted by atomic mass is 19.1. The van der Waals surface area contributed by atoms with Crippen LogP contribution in [0.5, 0.6) is 5.75 Å². The predicted molar refractivity (Wildman–Crippen MR) is 78.0 cm³/mol. The number of rotatable bonds is 2. The molecule has 0 aliphatic rings. The minimum Gasteiger partial charge on any atom is -0.507 e. The number of phenols is 1. The third-order valence-corrected chi connectivity index (χ3v) is 3.30. The summed E-state index contributed by atoms with van der Waals surface area (Å²) in [5, 5.41) is 10.5. The Hall–Kier alpha value is -2.75.